The summed E-state index contributed by atoms with van der Waals surface area (Å²) in [6.45, 7) is 1.93. The molecule has 1 aliphatic heterocycles. The normalized spacial score (nSPS) is 14.3. The molecular weight excluding hydrogens is 185 g/mol. The standard InChI is InChI=1S/C8H8BNO4/c1-5-7(10(12)13)3-2-6-4-14-9(11)8(5)6/h2-3,11H,4H2,1H3. The topological polar surface area (TPSA) is 72.6 Å². The lowest BCUT2D eigenvalue weighted by Gasteiger charge is -2.03. The molecule has 0 radical (unpaired) electrons. The Bertz CT molecular complexity index is 407. The third-order valence-electron chi connectivity index (χ3n) is 2.42. The van der Waals surface area contributed by atoms with E-state index >= 15 is 0 Å². The maximum absolute atomic E-state index is 10.6. The summed E-state index contributed by atoms with van der Waals surface area (Å²) in [5.41, 5.74) is 1.87. The largest absolute Gasteiger partial charge is 0.492 e. The number of nitro benzene ring substituents is 1. The van der Waals surface area contributed by atoms with Gasteiger partial charge in [0.2, 0.25) is 0 Å². The first kappa shape index (κ1) is 9.17. The van der Waals surface area contributed by atoms with Gasteiger partial charge in [-0.25, -0.2) is 0 Å². The Labute approximate surface area is 80.6 Å². The zero-order valence-corrected chi connectivity index (χ0v) is 7.56. The van der Waals surface area contributed by atoms with Crippen molar-refractivity contribution < 1.29 is 14.6 Å². The van der Waals surface area contributed by atoms with E-state index in [1.54, 1.807) is 13.0 Å². The number of fused-ring (bicyclic) bond motifs is 1. The lowest BCUT2D eigenvalue weighted by Crippen LogP contribution is -2.30. The number of benzene rings is 1. The maximum atomic E-state index is 10.6. The molecule has 1 aromatic carbocycles. The molecule has 0 bridgehead atoms. The van der Waals surface area contributed by atoms with Gasteiger partial charge in [-0.05, 0) is 17.9 Å². The molecule has 0 atom stereocenters. The zero-order valence-electron chi connectivity index (χ0n) is 7.56. The van der Waals surface area contributed by atoms with Gasteiger partial charge in [0, 0.05) is 11.6 Å². The van der Waals surface area contributed by atoms with Crippen LogP contribution in [-0.4, -0.2) is 17.1 Å². The number of hydrogen-bond donors (Lipinski definition) is 1. The molecule has 0 saturated carbocycles. The van der Waals surface area contributed by atoms with Gasteiger partial charge in [0.25, 0.3) is 5.69 Å². The molecule has 0 amide bonds. The third kappa shape index (κ3) is 1.20. The Morgan fingerprint density at radius 3 is 3.00 bits per heavy atom. The van der Waals surface area contributed by atoms with Crippen molar-refractivity contribution in [2.75, 3.05) is 0 Å². The highest BCUT2D eigenvalue weighted by atomic mass is 16.6. The first-order valence-corrected chi connectivity index (χ1v) is 4.17. The van der Waals surface area contributed by atoms with Crippen LogP contribution in [0.3, 0.4) is 0 Å². The number of nitrogens with zero attached hydrogens (tertiary/aromatic N) is 1. The van der Waals surface area contributed by atoms with Gasteiger partial charge in [0.1, 0.15) is 0 Å². The predicted molar refractivity (Wildman–Crippen MR) is 50.2 cm³/mol. The van der Waals surface area contributed by atoms with Crippen LogP contribution in [0.1, 0.15) is 11.1 Å². The van der Waals surface area contributed by atoms with E-state index in [9.17, 15) is 15.1 Å². The molecule has 1 aromatic rings. The number of nitro groups is 1. The van der Waals surface area contributed by atoms with Crippen LogP contribution < -0.4 is 5.46 Å². The summed E-state index contributed by atoms with van der Waals surface area (Å²) in [5, 5.41) is 20.0. The Morgan fingerprint density at radius 1 is 1.64 bits per heavy atom. The second-order valence-electron chi connectivity index (χ2n) is 3.20. The predicted octanol–water partition coefficient (Wildman–Crippen LogP) is 0.121. The SMILES string of the molecule is Cc1c([N+](=O)[O-])ccc2c1B(O)OC2. The minimum Gasteiger partial charge on any atom is -0.423 e. The fraction of sp³-hybridized carbons (Fsp3) is 0.250. The molecule has 2 rings (SSSR count). The van der Waals surface area contributed by atoms with E-state index in [1.807, 2.05) is 0 Å². The minimum atomic E-state index is -1.02. The Morgan fingerprint density at radius 2 is 2.36 bits per heavy atom. The third-order valence-corrected chi connectivity index (χ3v) is 2.42. The van der Waals surface area contributed by atoms with E-state index in [1.165, 1.54) is 6.07 Å². The highest BCUT2D eigenvalue weighted by Gasteiger charge is 2.32. The summed E-state index contributed by atoms with van der Waals surface area (Å²) in [6.07, 6.45) is 0. The second-order valence-corrected chi connectivity index (χ2v) is 3.20. The van der Waals surface area contributed by atoms with Crippen molar-refractivity contribution in [3.05, 3.63) is 33.4 Å². The average Bonchev–Trinajstić information content (AvgIpc) is 2.48. The molecule has 1 N–H and O–H groups in total. The van der Waals surface area contributed by atoms with Gasteiger partial charge in [-0.1, -0.05) is 6.07 Å². The average molecular weight is 193 g/mol. The van der Waals surface area contributed by atoms with E-state index in [0.29, 0.717) is 17.6 Å². The maximum Gasteiger partial charge on any atom is 0.492 e. The second kappa shape index (κ2) is 3.07. The lowest BCUT2D eigenvalue weighted by molar-refractivity contribution is -0.385. The van der Waals surface area contributed by atoms with Crippen molar-refractivity contribution in [1.29, 1.82) is 0 Å². The van der Waals surface area contributed by atoms with Crippen molar-refractivity contribution in [3.63, 3.8) is 0 Å². The number of rotatable bonds is 1. The van der Waals surface area contributed by atoms with Crippen LogP contribution in [0.5, 0.6) is 0 Å². The highest BCUT2D eigenvalue weighted by Crippen LogP contribution is 2.21. The van der Waals surface area contributed by atoms with Gasteiger partial charge in [-0.15, -0.1) is 0 Å². The molecule has 0 spiro atoms. The quantitative estimate of drug-likeness (QED) is 0.390. The molecule has 6 heteroatoms. The molecule has 0 aliphatic carbocycles. The smallest absolute Gasteiger partial charge is 0.423 e. The highest BCUT2D eigenvalue weighted by molar-refractivity contribution is 6.62. The summed E-state index contributed by atoms with van der Waals surface area (Å²) in [7, 11) is -1.02. The van der Waals surface area contributed by atoms with Gasteiger partial charge in [-0.2, -0.15) is 0 Å². The summed E-state index contributed by atoms with van der Waals surface area (Å²) in [5.74, 6) is 0. The Balaban J connectivity index is 2.61. The first-order chi connectivity index (χ1) is 6.61. The summed E-state index contributed by atoms with van der Waals surface area (Å²) in [6, 6.07) is 3.06. The van der Waals surface area contributed by atoms with Gasteiger partial charge in [-0.3, -0.25) is 10.1 Å². The van der Waals surface area contributed by atoms with Crippen LogP contribution in [0.4, 0.5) is 5.69 Å². The van der Waals surface area contributed by atoms with E-state index in [-0.39, 0.29) is 5.69 Å². The monoisotopic (exact) mass is 193 g/mol. The molecule has 0 aromatic heterocycles. The molecule has 1 heterocycles. The first-order valence-electron chi connectivity index (χ1n) is 4.17. The van der Waals surface area contributed by atoms with Crippen LogP contribution in [0.15, 0.2) is 12.1 Å². The van der Waals surface area contributed by atoms with Crippen molar-refractivity contribution >= 4 is 18.3 Å². The fourth-order valence-electron chi connectivity index (χ4n) is 1.69. The van der Waals surface area contributed by atoms with Gasteiger partial charge in [0.05, 0.1) is 11.5 Å². The minimum absolute atomic E-state index is 0.0216. The molecule has 5 nitrogen and oxygen atoms in total. The molecule has 0 saturated heterocycles. The Kier molecular flexibility index (Phi) is 2.01. The summed E-state index contributed by atoms with van der Waals surface area (Å²) >= 11 is 0. The molecule has 1 aliphatic rings. The van der Waals surface area contributed by atoms with Crippen LogP contribution in [0, 0.1) is 17.0 Å². The molecule has 0 unspecified atom stereocenters. The summed E-state index contributed by atoms with van der Waals surface area (Å²) < 4.78 is 4.97. The van der Waals surface area contributed by atoms with Crippen molar-refractivity contribution in [2.45, 2.75) is 13.5 Å². The van der Waals surface area contributed by atoms with Crippen molar-refractivity contribution in [3.8, 4) is 0 Å². The summed E-state index contributed by atoms with van der Waals surface area (Å²) in [4.78, 5) is 10.2. The lowest BCUT2D eigenvalue weighted by atomic mass is 9.76. The van der Waals surface area contributed by atoms with Crippen LogP contribution in [0.25, 0.3) is 0 Å². The molecular formula is C8H8BNO4. The molecule has 72 valence electrons. The van der Waals surface area contributed by atoms with E-state index < -0.39 is 12.0 Å². The Hall–Kier alpha value is -1.40. The van der Waals surface area contributed by atoms with E-state index in [2.05, 4.69) is 0 Å². The number of hydrogen-bond acceptors (Lipinski definition) is 4. The van der Waals surface area contributed by atoms with Gasteiger partial charge >= 0.3 is 7.12 Å². The molecule has 14 heavy (non-hydrogen) atoms. The van der Waals surface area contributed by atoms with Gasteiger partial charge in [0.15, 0.2) is 0 Å². The molecule has 0 fully saturated rings. The van der Waals surface area contributed by atoms with Crippen molar-refractivity contribution in [1.82, 2.24) is 0 Å². The van der Waals surface area contributed by atoms with Gasteiger partial charge < -0.3 is 9.68 Å². The van der Waals surface area contributed by atoms with Crippen LogP contribution in [-0.2, 0) is 11.3 Å². The van der Waals surface area contributed by atoms with E-state index in [4.69, 9.17) is 4.65 Å². The fourth-order valence-corrected chi connectivity index (χ4v) is 1.69. The van der Waals surface area contributed by atoms with Crippen LogP contribution in [0.2, 0.25) is 0 Å². The van der Waals surface area contributed by atoms with Crippen molar-refractivity contribution in [2.24, 2.45) is 0 Å². The van der Waals surface area contributed by atoms with E-state index in [0.717, 1.165) is 5.56 Å². The zero-order chi connectivity index (χ0) is 10.3. The van der Waals surface area contributed by atoms with Crippen LogP contribution >= 0.6 is 0 Å².